The third kappa shape index (κ3) is 0.994. The zero-order valence-corrected chi connectivity index (χ0v) is 4.09. The van der Waals surface area contributed by atoms with Gasteiger partial charge in [-0.1, -0.05) is 5.16 Å². The van der Waals surface area contributed by atoms with E-state index in [1.807, 2.05) is 6.92 Å². The summed E-state index contributed by atoms with van der Waals surface area (Å²) < 4.78 is 0. The lowest BCUT2D eigenvalue weighted by Gasteiger charge is -1.99. The minimum atomic E-state index is 0.538. The summed E-state index contributed by atoms with van der Waals surface area (Å²) in [6, 6.07) is 0. The van der Waals surface area contributed by atoms with Gasteiger partial charge in [0.1, 0.15) is 0 Å². The van der Waals surface area contributed by atoms with Crippen LogP contribution in [0.2, 0.25) is 0 Å². The van der Waals surface area contributed by atoms with Gasteiger partial charge >= 0.3 is 0 Å². The number of aliphatic imine (C=N–C) groups is 1. The molecule has 0 aromatic carbocycles. The van der Waals surface area contributed by atoms with Crippen molar-refractivity contribution in [3.05, 3.63) is 0 Å². The van der Waals surface area contributed by atoms with Crippen molar-refractivity contribution in [3.63, 3.8) is 0 Å². The largest absolute Gasteiger partial charge is 0.388 e. The molecular weight excluding hydrogens is 92.1 g/mol. The Morgan fingerprint density at radius 2 is 2.71 bits per heavy atom. The molecule has 7 heavy (non-hydrogen) atoms. The van der Waals surface area contributed by atoms with Crippen LogP contribution >= 0.6 is 0 Å². The fraction of sp³-hybridized carbons (Fsp3) is 0.500. The molecular formula is C4H6N2O. The molecule has 0 spiro atoms. The van der Waals surface area contributed by atoms with Crippen LogP contribution in [0.5, 0.6) is 0 Å². The Morgan fingerprint density at radius 3 is 3.00 bits per heavy atom. The molecule has 1 aliphatic heterocycles. The number of nitrogens with zero attached hydrogens (tertiary/aromatic N) is 2. The Labute approximate surface area is 41.7 Å². The van der Waals surface area contributed by atoms with E-state index in [0.717, 1.165) is 5.71 Å². The van der Waals surface area contributed by atoms with Gasteiger partial charge in [0.15, 0.2) is 12.9 Å². The van der Waals surface area contributed by atoms with Crippen molar-refractivity contribution in [2.24, 2.45) is 10.1 Å². The lowest BCUT2D eigenvalue weighted by molar-refractivity contribution is 0.182. The molecule has 0 unspecified atom stereocenters. The second-order valence-corrected chi connectivity index (χ2v) is 1.36. The molecule has 1 aliphatic rings. The van der Waals surface area contributed by atoms with Crippen molar-refractivity contribution < 1.29 is 4.84 Å². The molecule has 0 aliphatic carbocycles. The Kier molecular flexibility index (Phi) is 1.06. The van der Waals surface area contributed by atoms with Crippen LogP contribution < -0.4 is 0 Å². The zero-order chi connectivity index (χ0) is 5.11. The fourth-order valence-corrected chi connectivity index (χ4v) is 0.323. The molecule has 0 fully saturated rings. The van der Waals surface area contributed by atoms with Crippen molar-refractivity contribution in [2.75, 3.05) is 6.61 Å². The minimum Gasteiger partial charge on any atom is -0.388 e. The fourth-order valence-electron chi connectivity index (χ4n) is 0.323. The number of hydrogen-bond donors (Lipinski definition) is 0. The summed E-state index contributed by atoms with van der Waals surface area (Å²) in [7, 11) is 0. The van der Waals surface area contributed by atoms with E-state index in [-0.39, 0.29) is 0 Å². The SMILES string of the molecule is CC1=NC=NOC1. The van der Waals surface area contributed by atoms with Gasteiger partial charge in [-0.15, -0.1) is 0 Å². The molecule has 3 heteroatoms. The van der Waals surface area contributed by atoms with E-state index in [9.17, 15) is 0 Å². The van der Waals surface area contributed by atoms with E-state index in [1.165, 1.54) is 6.34 Å². The van der Waals surface area contributed by atoms with Gasteiger partial charge in [-0.25, -0.2) is 4.99 Å². The van der Waals surface area contributed by atoms with Gasteiger partial charge in [0, 0.05) is 0 Å². The van der Waals surface area contributed by atoms with Crippen molar-refractivity contribution >= 4 is 12.1 Å². The molecule has 0 saturated carbocycles. The van der Waals surface area contributed by atoms with E-state index in [0.29, 0.717) is 6.61 Å². The Balaban J connectivity index is 2.57. The third-order valence-corrected chi connectivity index (χ3v) is 0.673. The summed E-state index contributed by atoms with van der Waals surface area (Å²) in [6.07, 6.45) is 1.40. The summed E-state index contributed by atoms with van der Waals surface area (Å²) in [5, 5.41) is 3.42. The lowest BCUT2D eigenvalue weighted by atomic mass is 10.5. The van der Waals surface area contributed by atoms with E-state index < -0.39 is 0 Å². The van der Waals surface area contributed by atoms with Crippen molar-refractivity contribution in [2.45, 2.75) is 6.92 Å². The molecule has 0 saturated heterocycles. The van der Waals surface area contributed by atoms with Crippen molar-refractivity contribution in [1.82, 2.24) is 0 Å². The molecule has 0 atom stereocenters. The Bertz CT molecular complexity index is 117. The zero-order valence-electron chi connectivity index (χ0n) is 4.09. The van der Waals surface area contributed by atoms with Crippen molar-refractivity contribution in [1.29, 1.82) is 0 Å². The Hall–Kier alpha value is -0.860. The predicted octanol–water partition coefficient (Wildman–Crippen LogP) is 0.421. The van der Waals surface area contributed by atoms with Gasteiger partial charge in [0.2, 0.25) is 0 Å². The molecule has 1 rings (SSSR count). The molecule has 0 N–H and O–H groups in total. The molecule has 0 radical (unpaired) electrons. The first-order chi connectivity index (χ1) is 3.39. The summed E-state index contributed by atoms with van der Waals surface area (Å²) >= 11 is 0. The Morgan fingerprint density at radius 1 is 1.86 bits per heavy atom. The van der Waals surface area contributed by atoms with Crippen LogP contribution in [-0.4, -0.2) is 18.7 Å². The first-order valence-electron chi connectivity index (χ1n) is 2.06. The van der Waals surface area contributed by atoms with Crippen molar-refractivity contribution in [3.8, 4) is 0 Å². The van der Waals surface area contributed by atoms with E-state index in [1.54, 1.807) is 0 Å². The average Bonchev–Trinajstić information content (AvgIpc) is 1.69. The maximum absolute atomic E-state index is 4.62. The molecule has 38 valence electrons. The molecule has 0 aromatic rings. The molecule has 0 bridgehead atoms. The highest BCUT2D eigenvalue weighted by Crippen LogP contribution is 1.85. The summed E-state index contributed by atoms with van der Waals surface area (Å²) in [5.41, 5.74) is 0.968. The van der Waals surface area contributed by atoms with Gasteiger partial charge in [0.05, 0.1) is 5.71 Å². The number of oxime groups is 1. The van der Waals surface area contributed by atoms with Crippen LogP contribution in [0.15, 0.2) is 10.1 Å². The van der Waals surface area contributed by atoms with Gasteiger partial charge in [0.25, 0.3) is 0 Å². The van der Waals surface area contributed by atoms with Crippen LogP contribution in [0.4, 0.5) is 0 Å². The van der Waals surface area contributed by atoms with E-state index >= 15 is 0 Å². The smallest absolute Gasteiger partial charge is 0.155 e. The second kappa shape index (κ2) is 1.73. The van der Waals surface area contributed by atoms with Gasteiger partial charge in [-0.05, 0) is 6.92 Å². The maximum atomic E-state index is 4.62. The molecule has 0 amide bonds. The van der Waals surface area contributed by atoms with Crippen LogP contribution in [0.25, 0.3) is 0 Å². The summed E-state index contributed by atoms with van der Waals surface area (Å²) in [6.45, 7) is 2.43. The highest BCUT2D eigenvalue weighted by Gasteiger charge is 1.91. The molecule has 0 aromatic heterocycles. The minimum absolute atomic E-state index is 0.538. The average molecular weight is 98.1 g/mol. The third-order valence-electron chi connectivity index (χ3n) is 0.673. The van der Waals surface area contributed by atoms with E-state index in [2.05, 4.69) is 15.0 Å². The summed E-state index contributed by atoms with van der Waals surface area (Å²) in [4.78, 5) is 8.45. The maximum Gasteiger partial charge on any atom is 0.155 e. The van der Waals surface area contributed by atoms with E-state index in [4.69, 9.17) is 0 Å². The topological polar surface area (TPSA) is 34.0 Å². The number of hydrogen-bond acceptors (Lipinski definition) is 3. The first kappa shape index (κ1) is 4.30. The lowest BCUT2D eigenvalue weighted by Crippen LogP contribution is -2.04. The molecule has 1 heterocycles. The van der Waals surface area contributed by atoms with Gasteiger partial charge in [-0.2, -0.15) is 0 Å². The molecule has 3 nitrogen and oxygen atoms in total. The normalized spacial score (nSPS) is 18.1. The standard InChI is InChI=1S/C4H6N2O/c1-4-2-7-6-3-5-4/h3H,2H2,1H3. The summed E-state index contributed by atoms with van der Waals surface area (Å²) in [5.74, 6) is 0. The van der Waals surface area contributed by atoms with Gasteiger partial charge < -0.3 is 4.84 Å². The van der Waals surface area contributed by atoms with Crippen LogP contribution in [0.1, 0.15) is 6.92 Å². The van der Waals surface area contributed by atoms with Crippen LogP contribution in [0, 0.1) is 0 Å². The monoisotopic (exact) mass is 98.0 g/mol. The van der Waals surface area contributed by atoms with Gasteiger partial charge in [-0.3, -0.25) is 0 Å². The number of rotatable bonds is 0. The predicted molar refractivity (Wildman–Crippen MR) is 27.6 cm³/mol. The van der Waals surface area contributed by atoms with Crippen LogP contribution in [-0.2, 0) is 4.84 Å². The first-order valence-corrected chi connectivity index (χ1v) is 2.06. The highest BCUT2D eigenvalue weighted by atomic mass is 16.6. The quantitative estimate of drug-likeness (QED) is 0.432. The second-order valence-electron chi connectivity index (χ2n) is 1.36. The highest BCUT2D eigenvalue weighted by molar-refractivity contribution is 5.90. The van der Waals surface area contributed by atoms with Crippen LogP contribution in [0.3, 0.4) is 0 Å².